The molecule has 1 fully saturated rings. The minimum Gasteiger partial charge on any atom is -0.355 e. The molecule has 31 heavy (non-hydrogen) atoms. The molecular formula is C22H27N5O3S. The van der Waals surface area contributed by atoms with Crippen molar-refractivity contribution in [1.82, 2.24) is 24.4 Å². The van der Waals surface area contributed by atoms with Crippen LogP contribution in [-0.2, 0) is 25.3 Å². The average molecular weight is 442 g/mol. The number of thiazole rings is 1. The number of nitrogens with one attached hydrogen (secondary N) is 1. The number of pyridine rings is 1. The van der Waals surface area contributed by atoms with E-state index in [0.29, 0.717) is 35.8 Å². The number of hydrogen-bond donors (Lipinski definition) is 1. The van der Waals surface area contributed by atoms with Crippen LogP contribution in [0.5, 0.6) is 0 Å². The molecule has 3 heterocycles. The summed E-state index contributed by atoms with van der Waals surface area (Å²) in [5.74, 6) is 0.772. The summed E-state index contributed by atoms with van der Waals surface area (Å²) in [6, 6.07) is 3.70. The number of aryl methyl sites for hydroxylation is 2. The van der Waals surface area contributed by atoms with Gasteiger partial charge < -0.3 is 5.32 Å². The Morgan fingerprint density at radius 1 is 1.13 bits per heavy atom. The van der Waals surface area contributed by atoms with Crippen molar-refractivity contribution >= 4 is 28.3 Å². The van der Waals surface area contributed by atoms with Crippen LogP contribution in [0.2, 0.25) is 0 Å². The van der Waals surface area contributed by atoms with Crippen LogP contribution in [0.3, 0.4) is 0 Å². The number of hydrogen-bond acceptors (Lipinski definition) is 6. The molecule has 1 saturated carbocycles. The fourth-order valence-corrected chi connectivity index (χ4v) is 4.95. The van der Waals surface area contributed by atoms with Gasteiger partial charge in [0, 0.05) is 37.6 Å². The van der Waals surface area contributed by atoms with E-state index in [2.05, 4.69) is 15.3 Å². The smallest absolute Gasteiger partial charge is 0.332 e. The van der Waals surface area contributed by atoms with E-state index < -0.39 is 0 Å². The highest BCUT2D eigenvalue weighted by Gasteiger charge is 2.24. The molecule has 3 aromatic rings. The third-order valence-corrected chi connectivity index (χ3v) is 7.01. The summed E-state index contributed by atoms with van der Waals surface area (Å²) in [5, 5.41) is 6.42. The molecule has 0 radical (unpaired) electrons. The molecule has 8 nitrogen and oxygen atoms in total. The summed E-state index contributed by atoms with van der Waals surface area (Å²) in [4.78, 5) is 45.8. The molecule has 1 aliphatic rings. The lowest BCUT2D eigenvalue weighted by atomic mass is 9.80. The molecule has 1 amide bonds. The Morgan fingerprint density at radius 2 is 1.87 bits per heavy atom. The lowest BCUT2D eigenvalue weighted by Crippen LogP contribution is -2.37. The van der Waals surface area contributed by atoms with Gasteiger partial charge in [-0.2, -0.15) is 0 Å². The number of carbonyl (C=O) groups is 1. The SMILES string of the molecule is Cc1nc(CC(=O)NCC2CCC(c3ccc4c(=O)n(C)c(=O)n(C)c4n3)CC2)cs1. The van der Waals surface area contributed by atoms with Gasteiger partial charge in [0.2, 0.25) is 5.91 Å². The average Bonchev–Trinajstić information content (AvgIpc) is 3.19. The second-order valence-electron chi connectivity index (χ2n) is 8.37. The molecule has 0 aromatic carbocycles. The Labute approximate surface area is 184 Å². The quantitative estimate of drug-likeness (QED) is 0.653. The molecule has 0 unspecified atom stereocenters. The Bertz CT molecular complexity index is 1230. The lowest BCUT2D eigenvalue weighted by molar-refractivity contribution is -0.120. The summed E-state index contributed by atoms with van der Waals surface area (Å²) >= 11 is 1.56. The first kappa shape index (κ1) is 21.4. The third-order valence-electron chi connectivity index (χ3n) is 6.18. The van der Waals surface area contributed by atoms with E-state index in [1.54, 1.807) is 24.5 Å². The van der Waals surface area contributed by atoms with Crippen LogP contribution in [0.15, 0.2) is 27.1 Å². The Kier molecular flexibility index (Phi) is 6.04. The van der Waals surface area contributed by atoms with Gasteiger partial charge in [0.05, 0.1) is 22.5 Å². The van der Waals surface area contributed by atoms with E-state index in [9.17, 15) is 14.4 Å². The first-order chi connectivity index (χ1) is 14.8. The van der Waals surface area contributed by atoms with Crippen molar-refractivity contribution in [3.05, 3.63) is 54.7 Å². The van der Waals surface area contributed by atoms with Crippen molar-refractivity contribution in [2.24, 2.45) is 20.0 Å². The standard InChI is InChI=1S/C22H27N5O3S/c1-13-24-16(12-31-13)10-19(28)23-11-14-4-6-15(7-5-14)18-9-8-17-20(25-18)26(2)22(30)27(3)21(17)29/h8-9,12,14-15H,4-7,10-11H2,1-3H3,(H,23,28). The summed E-state index contributed by atoms with van der Waals surface area (Å²) in [7, 11) is 3.13. The first-order valence-electron chi connectivity index (χ1n) is 10.6. The summed E-state index contributed by atoms with van der Waals surface area (Å²) < 4.78 is 2.55. The molecule has 1 aliphatic carbocycles. The Morgan fingerprint density at radius 3 is 2.55 bits per heavy atom. The number of fused-ring (bicyclic) bond motifs is 1. The van der Waals surface area contributed by atoms with Gasteiger partial charge in [0.1, 0.15) is 5.65 Å². The van der Waals surface area contributed by atoms with Crippen molar-refractivity contribution in [3.63, 3.8) is 0 Å². The molecular weight excluding hydrogens is 414 g/mol. The molecule has 9 heteroatoms. The third kappa shape index (κ3) is 4.46. The van der Waals surface area contributed by atoms with Gasteiger partial charge >= 0.3 is 5.69 Å². The second kappa shape index (κ2) is 8.74. The minimum atomic E-state index is -0.366. The normalized spacial score (nSPS) is 18.9. The van der Waals surface area contributed by atoms with Crippen molar-refractivity contribution in [2.45, 2.75) is 44.9 Å². The van der Waals surface area contributed by atoms with E-state index in [1.165, 1.54) is 11.6 Å². The zero-order valence-electron chi connectivity index (χ0n) is 18.1. The molecule has 0 saturated heterocycles. The van der Waals surface area contributed by atoms with E-state index in [4.69, 9.17) is 0 Å². The number of rotatable bonds is 5. The number of carbonyl (C=O) groups excluding carboxylic acids is 1. The zero-order chi connectivity index (χ0) is 22.1. The highest BCUT2D eigenvalue weighted by Crippen LogP contribution is 2.35. The highest BCUT2D eigenvalue weighted by molar-refractivity contribution is 7.09. The summed E-state index contributed by atoms with van der Waals surface area (Å²) in [6.45, 7) is 2.62. The van der Waals surface area contributed by atoms with Gasteiger partial charge in [0.15, 0.2) is 0 Å². The van der Waals surface area contributed by atoms with E-state index in [1.807, 2.05) is 18.4 Å². The fourth-order valence-electron chi connectivity index (χ4n) is 4.33. The molecule has 0 bridgehead atoms. The van der Waals surface area contributed by atoms with Gasteiger partial charge in [-0.25, -0.2) is 14.8 Å². The van der Waals surface area contributed by atoms with Crippen LogP contribution in [0.4, 0.5) is 0 Å². The van der Waals surface area contributed by atoms with E-state index in [0.717, 1.165) is 46.6 Å². The van der Waals surface area contributed by atoms with Gasteiger partial charge in [-0.15, -0.1) is 11.3 Å². The maximum absolute atomic E-state index is 12.3. The van der Waals surface area contributed by atoms with Gasteiger partial charge in [-0.05, 0) is 50.7 Å². The van der Waals surface area contributed by atoms with Crippen LogP contribution in [0, 0.1) is 12.8 Å². The maximum Gasteiger partial charge on any atom is 0.332 e. The van der Waals surface area contributed by atoms with E-state index in [-0.39, 0.29) is 17.2 Å². The fraction of sp³-hybridized carbons (Fsp3) is 0.500. The zero-order valence-corrected chi connectivity index (χ0v) is 18.9. The van der Waals surface area contributed by atoms with Crippen molar-refractivity contribution in [3.8, 4) is 0 Å². The minimum absolute atomic E-state index is 0.0196. The molecule has 0 atom stereocenters. The molecule has 3 aromatic heterocycles. The second-order valence-corrected chi connectivity index (χ2v) is 9.43. The summed E-state index contributed by atoms with van der Waals surface area (Å²) in [5.41, 5.74) is 1.52. The summed E-state index contributed by atoms with van der Waals surface area (Å²) in [6.07, 6.45) is 4.30. The van der Waals surface area contributed by atoms with Gasteiger partial charge in [-0.3, -0.25) is 18.7 Å². The molecule has 164 valence electrons. The van der Waals surface area contributed by atoms with Crippen LogP contribution >= 0.6 is 11.3 Å². The van der Waals surface area contributed by atoms with Gasteiger partial charge in [-0.1, -0.05) is 0 Å². The van der Waals surface area contributed by atoms with Crippen LogP contribution in [-0.4, -0.2) is 31.6 Å². The molecule has 1 N–H and O–H groups in total. The van der Waals surface area contributed by atoms with Crippen molar-refractivity contribution in [1.29, 1.82) is 0 Å². The predicted octanol–water partition coefficient (Wildman–Crippen LogP) is 2.03. The maximum atomic E-state index is 12.3. The van der Waals surface area contributed by atoms with Crippen molar-refractivity contribution < 1.29 is 4.79 Å². The first-order valence-corrected chi connectivity index (χ1v) is 11.5. The van der Waals surface area contributed by atoms with Crippen LogP contribution in [0.25, 0.3) is 11.0 Å². The van der Waals surface area contributed by atoms with Crippen LogP contribution < -0.4 is 16.6 Å². The van der Waals surface area contributed by atoms with Gasteiger partial charge in [0.25, 0.3) is 5.56 Å². The molecule has 0 spiro atoms. The van der Waals surface area contributed by atoms with E-state index >= 15 is 0 Å². The highest BCUT2D eigenvalue weighted by atomic mass is 32.1. The lowest BCUT2D eigenvalue weighted by Gasteiger charge is -2.28. The largest absolute Gasteiger partial charge is 0.355 e. The molecule has 0 aliphatic heterocycles. The Balaban J connectivity index is 1.36. The number of aromatic nitrogens is 4. The van der Waals surface area contributed by atoms with Crippen molar-refractivity contribution in [2.75, 3.05) is 6.54 Å². The van der Waals surface area contributed by atoms with Crippen LogP contribution in [0.1, 0.15) is 48.0 Å². The molecule has 4 rings (SSSR count). The predicted molar refractivity (Wildman–Crippen MR) is 120 cm³/mol. The monoisotopic (exact) mass is 441 g/mol. The topological polar surface area (TPSA) is 98.9 Å². The number of amides is 1. The Hall–Kier alpha value is -2.81. The number of nitrogens with zero attached hydrogens (tertiary/aromatic N) is 4.